The first-order chi connectivity index (χ1) is 11.2. The number of halogens is 2. The van der Waals surface area contributed by atoms with Gasteiger partial charge in [-0.25, -0.2) is 13.6 Å². The van der Waals surface area contributed by atoms with E-state index in [0.29, 0.717) is 23.2 Å². The zero-order valence-electron chi connectivity index (χ0n) is 13.7. The highest BCUT2D eigenvalue weighted by atomic mass is 19.1. The van der Waals surface area contributed by atoms with Crippen molar-refractivity contribution in [2.24, 2.45) is 0 Å². The lowest BCUT2D eigenvalue weighted by Crippen LogP contribution is -2.30. The van der Waals surface area contributed by atoms with Gasteiger partial charge < -0.3 is 14.5 Å². The van der Waals surface area contributed by atoms with Crippen molar-refractivity contribution < 1.29 is 27.5 Å². The molecule has 1 amide bonds. The Morgan fingerprint density at radius 2 is 1.83 bits per heavy atom. The summed E-state index contributed by atoms with van der Waals surface area (Å²) in [6, 6.07) is 2.74. The van der Waals surface area contributed by atoms with E-state index < -0.39 is 29.6 Å². The van der Waals surface area contributed by atoms with Crippen molar-refractivity contribution in [1.29, 1.82) is 0 Å². The van der Waals surface area contributed by atoms with Crippen molar-refractivity contribution >= 4 is 17.6 Å². The molecule has 0 saturated heterocycles. The van der Waals surface area contributed by atoms with Crippen LogP contribution in [0.15, 0.2) is 22.6 Å². The maximum Gasteiger partial charge on any atom is 0.342 e. The highest BCUT2D eigenvalue weighted by Crippen LogP contribution is 2.22. The summed E-state index contributed by atoms with van der Waals surface area (Å²) in [5.41, 5.74) is 0.700. The Morgan fingerprint density at radius 3 is 2.38 bits per heavy atom. The molecular weight excluding hydrogens is 320 g/mol. The number of anilines is 1. The molecule has 2 aromatic rings. The van der Waals surface area contributed by atoms with Gasteiger partial charge in [0.15, 0.2) is 6.10 Å². The van der Waals surface area contributed by atoms with Crippen LogP contribution in [0.4, 0.5) is 14.5 Å². The highest BCUT2D eigenvalue weighted by Gasteiger charge is 2.25. The third kappa shape index (κ3) is 3.61. The van der Waals surface area contributed by atoms with Crippen LogP contribution in [0.1, 0.15) is 34.4 Å². The summed E-state index contributed by atoms with van der Waals surface area (Å²) in [6.45, 7) is 6.40. The standard InChI is InChI=1S/C17H17F2NO4/c1-8-9(2)23-10(3)15(8)17(22)24-11(4)16(21)20-14-6-5-12(18)7-13(14)19/h5-7,11H,1-4H3,(H,20,21)/t11-/m1/s1. The Kier molecular flexibility index (Phi) is 5.02. The van der Waals surface area contributed by atoms with Gasteiger partial charge in [0.05, 0.1) is 5.69 Å². The van der Waals surface area contributed by atoms with Crippen molar-refractivity contribution in [2.45, 2.75) is 33.8 Å². The molecule has 0 unspecified atom stereocenters. The minimum Gasteiger partial charge on any atom is -0.465 e. The van der Waals surface area contributed by atoms with E-state index in [9.17, 15) is 18.4 Å². The van der Waals surface area contributed by atoms with E-state index in [1.807, 2.05) is 0 Å². The van der Waals surface area contributed by atoms with Crippen molar-refractivity contribution in [1.82, 2.24) is 0 Å². The number of rotatable bonds is 4. The van der Waals surface area contributed by atoms with Crippen LogP contribution in [0.3, 0.4) is 0 Å². The molecule has 0 saturated carbocycles. The van der Waals surface area contributed by atoms with Gasteiger partial charge in [-0.3, -0.25) is 4.79 Å². The van der Waals surface area contributed by atoms with Gasteiger partial charge >= 0.3 is 5.97 Å². The lowest BCUT2D eigenvalue weighted by molar-refractivity contribution is -0.123. The van der Waals surface area contributed by atoms with Gasteiger partial charge in [-0.15, -0.1) is 0 Å². The molecule has 0 fully saturated rings. The van der Waals surface area contributed by atoms with Crippen molar-refractivity contribution in [3.05, 3.63) is 52.5 Å². The predicted molar refractivity (Wildman–Crippen MR) is 82.8 cm³/mol. The van der Waals surface area contributed by atoms with Crippen molar-refractivity contribution in [3.8, 4) is 0 Å². The topological polar surface area (TPSA) is 68.5 Å². The van der Waals surface area contributed by atoms with E-state index in [-0.39, 0.29) is 11.3 Å². The molecule has 1 N–H and O–H groups in total. The number of hydrogen-bond donors (Lipinski definition) is 1. The fourth-order valence-electron chi connectivity index (χ4n) is 2.19. The Labute approximate surface area is 137 Å². The number of nitrogens with one attached hydrogen (secondary N) is 1. The predicted octanol–water partition coefficient (Wildman–Crippen LogP) is 3.67. The molecule has 1 heterocycles. The minimum atomic E-state index is -1.17. The number of esters is 1. The second-order valence-corrected chi connectivity index (χ2v) is 5.38. The van der Waals surface area contributed by atoms with Gasteiger partial charge in [0, 0.05) is 11.6 Å². The Balaban J connectivity index is 2.07. The SMILES string of the molecule is Cc1oc(C)c(C(=O)O[C@H](C)C(=O)Nc2ccc(F)cc2F)c1C. The second-order valence-electron chi connectivity index (χ2n) is 5.38. The van der Waals surface area contributed by atoms with Crippen LogP contribution in [0.5, 0.6) is 0 Å². The normalized spacial score (nSPS) is 11.9. The van der Waals surface area contributed by atoms with Crippen molar-refractivity contribution in [2.75, 3.05) is 5.32 Å². The number of furan rings is 1. The number of carbonyl (C=O) groups is 2. The quantitative estimate of drug-likeness (QED) is 0.865. The molecule has 0 aliphatic rings. The average Bonchev–Trinajstić information content (AvgIpc) is 2.74. The van der Waals surface area contributed by atoms with E-state index >= 15 is 0 Å². The second kappa shape index (κ2) is 6.82. The zero-order valence-corrected chi connectivity index (χ0v) is 13.7. The summed E-state index contributed by atoms with van der Waals surface area (Å²) in [5, 5.41) is 2.25. The molecule has 0 aliphatic carbocycles. The van der Waals surface area contributed by atoms with Gasteiger partial charge in [0.25, 0.3) is 5.91 Å². The van der Waals surface area contributed by atoms with Gasteiger partial charge in [0.1, 0.15) is 28.7 Å². The highest BCUT2D eigenvalue weighted by molar-refractivity contribution is 5.98. The van der Waals surface area contributed by atoms with Crippen molar-refractivity contribution in [3.63, 3.8) is 0 Å². The third-order valence-electron chi connectivity index (χ3n) is 3.61. The number of hydrogen-bond acceptors (Lipinski definition) is 4. The summed E-state index contributed by atoms with van der Waals surface area (Å²) < 4.78 is 36.8. The van der Waals surface area contributed by atoms with Gasteiger partial charge in [-0.05, 0) is 39.8 Å². The van der Waals surface area contributed by atoms with Gasteiger partial charge in [-0.1, -0.05) is 0 Å². The van der Waals surface area contributed by atoms with Crippen LogP contribution in [-0.2, 0) is 9.53 Å². The third-order valence-corrected chi connectivity index (χ3v) is 3.61. The number of aryl methyl sites for hydroxylation is 2. The molecule has 0 spiro atoms. The molecule has 2 rings (SSSR count). The first-order valence-corrected chi connectivity index (χ1v) is 7.24. The number of carbonyl (C=O) groups excluding carboxylic acids is 2. The molecular formula is C17H17F2NO4. The lowest BCUT2D eigenvalue weighted by atomic mass is 10.1. The average molecular weight is 337 g/mol. The molecule has 0 bridgehead atoms. The van der Waals surface area contributed by atoms with Crippen LogP contribution in [-0.4, -0.2) is 18.0 Å². The lowest BCUT2D eigenvalue weighted by Gasteiger charge is -2.14. The number of amides is 1. The fraction of sp³-hybridized carbons (Fsp3) is 0.294. The van der Waals surface area contributed by atoms with E-state index in [2.05, 4.69) is 5.32 Å². The van der Waals surface area contributed by atoms with E-state index in [1.54, 1.807) is 20.8 Å². The maximum atomic E-state index is 13.5. The van der Waals surface area contributed by atoms with Crippen LogP contribution in [0, 0.1) is 32.4 Å². The zero-order chi connectivity index (χ0) is 18.0. The molecule has 0 aliphatic heterocycles. The minimum absolute atomic E-state index is 0.198. The monoisotopic (exact) mass is 337 g/mol. The van der Waals surface area contributed by atoms with E-state index in [1.165, 1.54) is 6.92 Å². The molecule has 7 heteroatoms. The van der Waals surface area contributed by atoms with Crippen LogP contribution in [0.25, 0.3) is 0 Å². The largest absolute Gasteiger partial charge is 0.465 e. The number of ether oxygens (including phenoxy) is 1. The Bertz CT molecular complexity index is 798. The van der Waals surface area contributed by atoms with Gasteiger partial charge in [-0.2, -0.15) is 0 Å². The smallest absolute Gasteiger partial charge is 0.342 e. The molecule has 128 valence electrons. The molecule has 24 heavy (non-hydrogen) atoms. The summed E-state index contributed by atoms with van der Waals surface area (Å²) in [4.78, 5) is 24.2. The van der Waals surface area contributed by atoms with Crippen LogP contribution >= 0.6 is 0 Å². The Morgan fingerprint density at radius 1 is 1.17 bits per heavy atom. The maximum absolute atomic E-state index is 13.5. The summed E-state index contributed by atoms with van der Waals surface area (Å²) in [5.74, 6) is -2.13. The van der Waals surface area contributed by atoms with Crippen LogP contribution in [0.2, 0.25) is 0 Å². The Hall–Kier alpha value is -2.70. The fourth-order valence-corrected chi connectivity index (χ4v) is 2.19. The number of benzene rings is 1. The summed E-state index contributed by atoms with van der Waals surface area (Å²) >= 11 is 0. The van der Waals surface area contributed by atoms with Gasteiger partial charge in [0.2, 0.25) is 0 Å². The van der Waals surface area contributed by atoms with E-state index in [4.69, 9.17) is 9.15 Å². The molecule has 1 aromatic heterocycles. The molecule has 0 radical (unpaired) electrons. The summed E-state index contributed by atoms with van der Waals surface area (Å²) in [7, 11) is 0. The molecule has 5 nitrogen and oxygen atoms in total. The first kappa shape index (κ1) is 17.7. The van der Waals surface area contributed by atoms with Crippen LogP contribution < -0.4 is 5.32 Å². The molecule has 1 atom stereocenters. The first-order valence-electron chi connectivity index (χ1n) is 7.24. The van der Waals surface area contributed by atoms with E-state index in [0.717, 1.165) is 12.1 Å². The summed E-state index contributed by atoms with van der Waals surface area (Å²) in [6.07, 6.45) is -1.17. The molecule has 1 aromatic carbocycles.